The van der Waals surface area contributed by atoms with Crippen LogP contribution in [0.25, 0.3) is 0 Å². The molecule has 2 aromatic rings. The van der Waals surface area contributed by atoms with Gasteiger partial charge in [-0.25, -0.2) is 4.79 Å². The SMILES string of the molecule is COC(=O)c1[nH]c(C)c(C(=O)[C@H](C)N(CC2CCCCC2)C(=O)c2ccccc2)c1C. The summed E-state index contributed by atoms with van der Waals surface area (Å²) in [4.78, 5) is 43.7. The quantitative estimate of drug-likeness (QED) is 0.516. The number of hydrogen-bond donors (Lipinski definition) is 1. The fourth-order valence-electron chi connectivity index (χ4n) is 4.59. The molecule has 0 bridgehead atoms. The largest absolute Gasteiger partial charge is 0.464 e. The highest BCUT2D eigenvalue weighted by atomic mass is 16.5. The zero-order chi connectivity index (χ0) is 22.5. The number of Topliss-reactive ketones (excluding diaryl/α,β-unsaturated/α-hetero) is 1. The molecule has 1 fully saturated rings. The number of ether oxygens (including phenoxy) is 1. The Morgan fingerprint density at radius 1 is 1.10 bits per heavy atom. The van der Waals surface area contributed by atoms with Crippen LogP contribution in [0, 0.1) is 19.8 Å². The minimum atomic E-state index is -0.645. The number of hydrogen-bond acceptors (Lipinski definition) is 4. The lowest BCUT2D eigenvalue weighted by molar-refractivity contribution is 0.0577. The number of carbonyl (C=O) groups excluding carboxylic acids is 3. The van der Waals surface area contributed by atoms with Crippen LogP contribution in [0.2, 0.25) is 0 Å². The molecule has 166 valence electrons. The molecule has 0 unspecified atom stereocenters. The van der Waals surface area contributed by atoms with E-state index in [1.165, 1.54) is 26.4 Å². The first kappa shape index (κ1) is 22.8. The van der Waals surface area contributed by atoms with Gasteiger partial charge in [0.05, 0.1) is 13.2 Å². The van der Waals surface area contributed by atoms with Gasteiger partial charge >= 0.3 is 5.97 Å². The maximum atomic E-state index is 13.6. The molecule has 1 aliphatic rings. The summed E-state index contributed by atoms with van der Waals surface area (Å²) >= 11 is 0. The zero-order valence-corrected chi connectivity index (χ0v) is 18.9. The predicted octanol–water partition coefficient (Wildman–Crippen LogP) is 4.71. The first-order valence-corrected chi connectivity index (χ1v) is 11.0. The summed E-state index contributed by atoms with van der Waals surface area (Å²) in [6, 6.07) is 8.47. The number of aromatic amines is 1. The molecule has 1 heterocycles. The Morgan fingerprint density at radius 2 is 1.74 bits per heavy atom. The maximum absolute atomic E-state index is 13.6. The summed E-state index contributed by atoms with van der Waals surface area (Å²) in [6.07, 6.45) is 5.72. The number of ketones is 1. The first-order chi connectivity index (χ1) is 14.8. The Hall–Kier alpha value is -2.89. The summed E-state index contributed by atoms with van der Waals surface area (Å²) in [5, 5.41) is 0. The van der Waals surface area contributed by atoms with Crippen LogP contribution in [-0.2, 0) is 4.74 Å². The van der Waals surface area contributed by atoms with Crippen LogP contribution in [0.3, 0.4) is 0 Å². The number of H-pyrrole nitrogens is 1. The van der Waals surface area contributed by atoms with Crippen molar-refractivity contribution in [3.05, 3.63) is 58.4 Å². The molecule has 1 aromatic heterocycles. The number of esters is 1. The number of rotatable bonds is 7. The molecular weight excluding hydrogens is 392 g/mol. The van der Waals surface area contributed by atoms with E-state index in [0.29, 0.717) is 34.8 Å². The lowest BCUT2D eigenvalue weighted by atomic mass is 9.88. The van der Waals surface area contributed by atoms with Crippen LogP contribution in [-0.4, -0.2) is 47.2 Å². The Balaban J connectivity index is 1.92. The van der Waals surface area contributed by atoms with Crippen molar-refractivity contribution in [2.75, 3.05) is 13.7 Å². The monoisotopic (exact) mass is 424 g/mol. The third kappa shape index (κ3) is 4.89. The van der Waals surface area contributed by atoms with Crippen molar-refractivity contribution in [3.63, 3.8) is 0 Å². The van der Waals surface area contributed by atoms with Gasteiger partial charge in [-0.15, -0.1) is 0 Å². The van der Waals surface area contributed by atoms with Gasteiger partial charge in [0.2, 0.25) is 0 Å². The van der Waals surface area contributed by atoms with Crippen LogP contribution in [0.4, 0.5) is 0 Å². The highest BCUT2D eigenvalue weighted by Crippen LogP contribution is 2.28. The Labute approximate surface area is 184 Å². The molecule has 6 heteroatoms. The summed E-state index contributed by atoms with van der Waals surface area (Å²) < 4.78 is 4.82. The lowest BCUT2D eigenvalue weighted by Crippen LogP contribution is -2.46. The number of aromatic nitrogens is 1. The van der Waals surface area contributed by atoms with Gasteiger partial charge in [0.25, 0.3) is 5.91 Å². The average Bonchev–Trinajstić information content (AvgIpc) is 3.10. The maximum Gasteiger partial charge on any atom is 0.354 e. The van der Waals surface area contributed by atoms with Gasteiger partial charge in [0.15, 0.2) is 5.78 Å². The second-order valence-electron chi connectivity index (χ2n) is 8.48. The van der Waals surface area contributed by atoms with Crippen molar-refractivity contribution >= 4 is 17.7 Å². The van der Waals surface area contributed by atoms with E-state index in [1.807, 2.05) is 18.2 Å². The van der Waals surface area contributed by atoms with Crippen LogP contribution in [0.5, 0.6) is 0 Å². The smallest absolute Gasteiger partial charge is 0.354 e. The van der Waals surface area contributed by atoms with Gasteiger partial charge in [-0.2, -0.15) is 0 Å². The van der Waals surface area contributed by atoms with E-state index < -0.39 is 12.0 Å². The molecule has 1 aromatic carbocycles. The lowest BCUT2D eigenvalue weighted by Gasteiger charge is -2.33. The van der Waals surface area contributed by atoms with E-state index in [9.17, 15) is 14.4 Å². The molecule has 1 N–H and O–H groups in total. The third-order valence-electron chi connectivity index (χ3n) is 6.38. The Bertz CT molecular complexity index is 942. The van der Waals surface area contributed by atoms with Gasteiger partial charge < -0.3 is 14.6 Å². The number of amides is 1. The highest BCUT2D eigenvalue weighted by Gasteiger charge is 2.33. The van der Waals surface area contributed by atoms with Gasteiger partial charge in [0, 0.05) is 23.4 Å². The molecule has 6 nitrogen and oxygen atoms in total. The van der Waals surface area contributed by atoms with Gasteiger partial charge in [-0.05, 0) is 57.2 Å². The predicted molar refractivity (Wildman–Crippen MR) is 119 cm³/mol. The minimum Gasteiger partial charge on any atom is -0.464 e. The normalized spacial score (nSPS) is 15.4. The molecule has 0 aliphatic heterocycles. The molecule has 1 aliphatic carbocycles. The molecule has 1 atom stereocenters. The van der Waals surface area contributed by atoms with E-state index >= 15 is 0 Å². The average molecular weight is 425 g/mol. The van der Waals surface area contributed by atoms with Crippen molar-refractivity contribution < 1.29 is 19.1 Å². The van der Waals surface area contributed by atoms with Gasteiger partial charge in [0.1, 0.15) is 5.69 Å². The summed E-state index contributed by atoms with van der Waals surface area (Å²) in [5.74, 6) is -0.407. The Morgan fingerprint density at radius 3 is 2.35 bits per heavy atom. The number of aryl methyl sites for hydroxylation is 1. The van der Waals surface area contributed by atoms with Gasteiger partial charge in [-0.3, -0.25) is 9.59 Å². The highest BCUT2D eigenvalue weighted by molar-refractivity contribution is 6.07. The van der Waals surface area contributed by atoms with E-state index in [1.54, 1.807) is 37.8 Å². The topological polar surface area (TPSA) is 79.5 Å². The number of carbonyl (C=O) groups is 3. The van der Waals surface area contributed by atoms with Crippen LogP contribution < -0.4 is 0 Å². The number of nitrogens with one attached hydrogen (secondary N) is 1. The third-order valence-corrected chi connectivity index (χ3v) is 6.38. The second kappa shape index (κ2) is 9.94. The van der Waals surface area contributed by atoms with Crippen molar-refractivity contribution in [1.29, 1.82) is 0 Å². The van der Waals surface area contributed by atoms with Crippen LogP contribution in [0.1, 0.15) is 81.5 Å². The summed E-state index contributed by atoms with van der Waals surface area (Å²) in [7, 11) is 1.31. The van der Waals surface area contributed by atoms with E-state index in [-0.39, 0.29) is 17.4 Å². The fraction of sp³-hybridized carbons (Fsp3) is 0.480. The standard InChI is InChI=1S/C25H32N2O4/c1-16-21(17(2)26-22(16)25(30)31-4)23(28)18(3)27(15-19-11-7-5-8-12-19)24(29)20-13-9-6-10-14-20/h6,9-10,13-14,18-19,26H,5,7-8,11-12,15H2,1-4H3/t18-/m0/s1. The zero-order valence-electron chi connectivity index (χ0n) is 18.9. The molecule has 0 saturated heterocycles. The van der Waals surface area contributed by atoms with Crippen LogP contribution >= 0.6 is 0 Å². The molecule has 0 spiro atoms. The fourth-order valence-corrected chi connectivity index (χ4v) is 4.59. The summed E-state index contributed by atoms with van der Waals surface area (Å²) in [5.41, 5.74) is 2.49. The second-order valence-corrected chi connectivity index (χ2v) is 8.48. The molecule has 0 radical (unpaired) electrons. The van der Waals surface area contributed by atoms with Crippen molar-refractivity contribution in [2.45, 2.75) is 58.9 Å². The van der Waals surface area contributed by atoms with Crippen molar-refractivity contribution in [3.8, 4) is 0 Å². The van der Waals surface area contributed by atoms with Crippen molar-refractivity contribution in [1.82, 2.24) is 9.88 Å². The molecule has 31 heavy (non-hydrogen) atoms. The molecule has 1 saturated carbocycles. The van der Waals surface area contributed by atoms with Gasteiger partial charge in [-0.1, -0.05) is 37.5 Å². The Kier molecular flexibility index (Phi) is 7.31. The molecule has 1 amide bonds. The van der Waals surface area contributed by atoms with Crippen molar-refractivity contribution in [2.24, 2.45) is 5.92 Å². The van der Waals surface area contributed by atoms with Crippen LogP contribution in [0.15, 0.2) is 30.3 Å². The molecular formula is C25H32N2O4. The van der Waals surface area contributed by atoms with E-state index in [2.05, 4.69) is 4.98 Å². The molecule has 3 rings (SSSR count). The number of nitrogens with zero attached hydrogens (tertiary/aromatic N) is 1. The van der Waals surface area contributed by atoms with E-state index in [4.69, 9.17) is 4.74 Å². The number of methoxy groups -OCH3 is 1. The first-order valence-electron chi connectivity index (χ1n) is 11.0. The minimum absolute atomic E-state index is 0.133. The van der Waals surface area contributed by atoms with E-state index in [0.717, 1.165) is 12.8 Å². The number of benzene rings is 1. The summed E-state index contributed by atoms with van der Waals surface area (Å²) in [6.45, 7) is 5.85.